The van der Waals surface area contributed by atoms with E-state index in [0.717, 1.165) is 10.6 Å². The molecule has 4 rings (SSSR count). The van der Waals surface area contributed by atoms with Gasteiger partial charge in [0.1, 0.15) is 6.54 Å². The summed E-state index contributed by atoms with van der Waals surface area (Å²) in [5.74, 6) is -1.17. The predicted molar refractivity (Wildman–Crippen MR) is 90.2 cm³/mol. The van der Waals surface area contributed by atoms with Crippen molar-refractivity contribution < 1.29 is 19.5 Å². The molecule has 0 saturated carbocycles. The van der Waals surface area contributed by atoms with Crippen LogP contribution < -0.4 is 10.2 Å². The molecule has 2 aromatic rings. The van der Waals surface area contributed by atoms with Crippen molar-refractivity contribution in [2.24, 2.45) is 0 Å². The van der Waals surface area contributed by atoms with Gasteiger partial charge in [-0.3, -0.25) is 24.0 Å². The Balaban J connectivity index is 1.60. The summed E-state index contributed by atoms with van der Waals surface area (Å²) in [5.41, 5.74) is 0.751. The number of thioether (sulfide) groups is 1. The summed E-state index contributed by atoms with van der Waals surface area (Å²) in [6.45, 7) is -0.286. The summed E-state index contributed by atoms with van der Waals surface area (Å²) >= 11 is 1.37. The number of nitrogens with one attached hydrogen (secondary N) is 1. The number of para-hydroxylation sites is 1. The molecule has 9 heteroatoms. The zero-order chi connectivity index (χ0) is 17.6. The minimum absolute atomic E-state index is 0.0796. The van der Waals surface area contributed by atoms with Crippen LogP contribution in [0.4, 0.5) is 11.5 Å². The van der Waals surface area contributed by atoms with E-state index in [-0.39, 0.29) is 24.2 Å². The topological polar surface area (TPSA) is 105 Å². The van der Waals surface area contributed by atoms with E-state index >= 15 is 0 Å². The maximum absolute atomic E-state index is 13.0. The number of aliphatic carboxylic acids is 1. The van der Waals surface area contributed by atoms with Crippen molar-refractivity contribution in [3.63, 3.8) is 0 Å². The fraction of sp³-hybridized carbons (Fsp3) is 0.250. The van der Waals surface area contributed by atoms with Crippen molar-refractivity contribution in [1.82, 2.24) is 9.78 Å². The van der Waals surface area contributed by atoms with Crippen LogP contribution in [0.25, 0.3) is 0 Å². The van der Waals surface area contributed by atoms with Crippen LogP contribution in [0.2, 0.25) is 0 Å². The van der Waals surface area contributed by atoms with Crippen LogP contribution in [0.1, 0.15) is 12.8 Å². The Morgan fingerprint density at radius 2 is 2.12 bits per heavy atom. The minimum atomic E-state index is -1.02. The van der Waals surface area contributed by atoms with Crippen molar-refractivity contribution in [3.8, 4) is 0 Å². The number of hydrogen-bond donors (Lipinski definition) is 2. The average molecular weight is 358 g/mol. The Morgan fingerprint density at radius 3 is 2.92 bits per heavy atom. The Labute approximate surface area is 146 Å². The largest absolute Gasteiger partial charge is 0.480 e. The van der Waals surface area contributed by atoms with Crippen LogP contribution >= 0.6 is 11.8 Å². The monoisotopic (exact) mass is 358 g/mol. The van der Waals surface area contributed by atoms with Crippen molar-refractivity contribution in [2.75, 3.05) is 10.2 Å². The van der Waals surface area contributed by atoms with Crippen molar-refractivity contribution in [3.05, 3.63) is 36.5 Å². The average Bonchev–Trinajstić information content (AvgIpc) is 3.22. The lowest BCUT2D eigenvalue weighted by Crippen LogP contribution is -2.49. The third-order valence-electron chi connectivity index (χ3n) is 4.21. The van der Waals surface area contributed by atoms with Gasteiger partial charge in [-0.25, -0.2) is 0 Å². The number of rotatable bonds is 4. The standard InChI is InChI=1S/C16H14N4O4S/c21-13-5-7-16(20(13)10-3-1-2-4-11(10)25-16)15(24)17-12-6-8-19(18-12)9-14(22)23/h1-4,6,8H,5,7,9H2,(H,22,23)(H,17,18,24). The van der Waals surface area contributed by atoms with E-state index in [9.17, 15) is 14.4 Å². The van der Waals surface area contributed by atoms with Crippen LogP contribution in [0.3, 0.4) is 0 Å². The Hall–Kier alpha value is -2.81. The Bertz CT molecular complexity index is 896. The number of benzene rings is 1. The highest BCUT2D eigenvalue weighted by atomic mass is 32.2. The second-order valence-corrected chi connectivity index (χ2v) is 7.15. The van der Waals surface area contributed by atoms with E-state index in [1.165, 1.54) is 28.7 Å². The highest BCUT2D eigenvalue weighted by Gasteiger charge is 2.57. The molecule has 128 valence electrons. The highest BCUT2D eigenvalue weighted by molar-refractivity contribution is 8.02. The molecule has 1 atom stereocenters. The molecule has 2 aliphatic rings. The quantitative estimate of drug-likeness (QED) is 0.859. The number of carbonyl (C=O) groups excluding carboxylic acids is 2. The SMILES string of the molecule is O=C(O)Cn1ccc(NC(=O)C23CCC(=O)N2c2ccccc2S3)n1. The molecule has 0 aliphatic carbocycles. The van der Waals surface area contributed by atoms with Gasteiger partial charge in [0.25, 0.3) is 5.91 Å². The molecule has 3 heterocycles. The van der Waals surface area contributed by atoms with E-state index in [4.69, 9.17) is 5.11 Å². The first kappa shape index (κ1) is 15.7. The van der Waals surface area contributed by atoms with Crippen molar-refractivity contribution in [2.45, 2.75) is 29.2 Å². The Morgan fingerprint density at radius 1 is 1.32 bits per heavy atom. The number of carbonyl (C=O) groups is 3. The molecule has 1 fully saturated rings. The molecule has 2 aliphatic heterocycles. The van der Waals surface area contributed by atoms with Crippen LogP contribution in [0.5, 0.6) is 0 Å². The molecule has 2 amide bonds. The summed E-state index contributed by atoms with van der Waals surface area (Å²) in [6, 6.07) is 8.97. The summed E-state index contributed by atoms with van der Waals surface area (Å²) in [4.78, 5) is 37.5. The van der Waals surface area contributed by atoms with Crippen LogP contribution in [0.15, 0.2) is 41.4 Å². The fourth-order valence-electron chi connectivity index (χ4n) is 3.17. The van der Waals surface area contributed by atoms with Crippen LogP contribution in [-0.2, 0) is 20.9 Å². The molecular weight excluding hydrogens is 344 g/mol. The van der Waals surface area contributed by atoms with Gasteiger partial charge in [0.15, 0.2) is 10.7 Å². The summed E-state index contributed by atoms with van der Waals surface area (Å²) in [7, 11) is 0. The normalized spacial score (nSPS) is 21.1. The smallest absolute Gasteiger partial charge is 0.325 e. The summed E-state index contributed by atoms with van der Waals surface area (Å²) in [5, 5.41) is 15.5. The third kappa shape index (κ3) is 2.47. The minimum Gasteiger partial charge on any atom is -0.480 e. The first-order valence-corrected chi connectivity index (χ1v) is 8.49. The second-order valence-electron chi connectivity index (χ2n) is 5.83. The van der Waals surface area contributed by atoms with E-state index < -0.39 is 10.8 Å². The highest BCUT2D eigenvalue weighted by Crippen LogP contribution is 2.55. The number of nitrogens with zero attached hydrogens (tertiary/aromatic N) is 3. The summed E-state index contributed by atoms with van der Waals surface area (Å²) < 4.78 is 1.23. The number of fused-ring (bicyclic) bond motifs is 3. The van der Waals surface area contributed by atoms with Gasteiger partial charge in [0.2, 0.25) is 5.91 Å². The molecule has 1 saturated heterocycles. The molecule has 1 aromatic carbocycles. The van der Waals surface area contributed by atoms with Gasteiger partial charge >= 0.3 is 5.97 Å². The molecule has 2 N–H and O–H groups in total. The number of carboxylic acid groups (broad SMARTS) is 1. The van der Waals surface area contributed by atoms with Gasteiger partial charge in [-0.15, -0.1) is 0 Å². The number of hydrogen-bond acceptors (Lipinski definition) is 5. The van der Waals surface area contributed by atoms with E-state index in [1.807, 2.05) is 24.3 Å². The number of anilines is 2. The van der Waals surface area contributed by atoms with Gasteiger partial charge in [0.05, 0.1) is 5.69 Å². The zero-order valence-corrected chi connectivity index (χ0v) is 13.8. The third-order valence-corrected chi connectivity index (χ3v) is 5.68. The Kier molecular flexibility index (Phi) is 3.53. The number of aromatic nitrogens is 2. The van der Waals surface area contributed by atoms with Crippen LogP contribution in [-0.4, -0.2) is 37.5 Å². The van der Waals surface area contributed by atoms with Crippen LogP contribution in [0, 0.1) is 0 Å². The van der Waals surface area contributed by atoms with Gasteiger partial charge in [-0.2, -0.15) is 5.10 Å². The van der Waals surface area contributed by atoms with E-state index in [2.05, 4.69) is 10.4 Å². The zero-order valence-electron chi connectivity index (χ0n) is 13.0. The van der Waals surface area contributed by atoms with Gasteiger partial charge in [-0.05, 0) is 18.6 Å². The lowest BCUT2D eigenvalue weighted by Gasteiger charge is -2.29. The molecular formula is C16H14N4O4S. The van der Waals surface area contributed by atoms with Crippen molar-refractivity contribution >= 4 is 41.1 Å². The second kappa shape index (κ2) is 5.62. The maximum atomic E-state index is 13.0. The van der Waals surface area contributed by atoms with Gasteiger partial charge in [0, 0.05) is 23.6 Å². The fourth-order valence-corrected chi connectivity index (χ4v) is 4.58. The van der Waals surface area contributed by atoms with Gasteiger partial charge in [-0.1, -0.05) is 23.9 Å². The lowest BCUT2D eigenvalue weighted by atomic mass is 10.2. The number of carboxylic acids is 1. The lowest BCUT2D eigenvalue weighted by molar-refractivity contribution is -0.137. The molecule has 0 spiro atoms. The van der Waals surface area contributed by atoms with E-state index in [0.29, 0.717) is 12.8 Å². The molecule has 0 bridgehead atoms. The summed E-state index contributed by atoms with van der Waals surface area (Å²) in [6.07, 6.45) is 2.20. The molecule has 25 heavy (non-hydrogen) atoms. The molecule has 1 aromatic heterocycles. The van der Waals surface area contributed by atoms with Crippen molar-refractivity contribution in [1.29, 1.82) is 0 Å². The molecule has 0 radical (unpaired) electrons. The number of amides is 2. The van der Waals surface area contributed by atoms with E-state index in [1.54, 1.807) is 4.90 Å². The maximum Gasteiger partial charge on any atom is 0.325 e. The molecule has 8 nitrogen and oxygen atoms in total. The first-order valence-electron chi connectivity index (χ1n) is 7.67. The first-order chi connectivity index (χ1) is 12.0. The molecule has 1 unspecified atom stereocenters. The van der Waals surface area contributed by atoms with Gasteiger partial charge < -0.3 is 10.4 Å². The predicted octanol–water partition coefficient (Wildman–Crippen LogP) is 1.54.